The van der Waals surface area contributed by atoms with Gasteiger partial charge in [0.25, 0.3) is 0 Å². The van der Waals surface area contributed by atoms with Crippen molar-refractivity contribution in [2.24, 2.45) is 10.9 Å². The third-order valence-corrected chi connectivity index (χ3v) is 3.25. The third kappa shape index (κ3) is 2.11. The van der Waals surface area contributed by atoms with Crippen molar-refractivity contribution >= 4 is 5.84 Å². The van der Waals surface area contributed by atoms with Gasteiger partial charge in [-0.25, -0.2) is 13.5 Å². The minimum atomic E-state index is -0.822. The fourth-order valence-electron chi connectivity index (χ4n) is 2.05. The molecule has 1 aromatic carbocycles. The van der Waals surface area contributed by atoms with E-state index in [2.05, 4.69) is 10.3 Å². The molecular formula is C13H12F2N4O. The molecule has 0 atom stereocenters. The highest BCUT2D eigenvalue weighted by Gasteiger charge is 2.26. The van der Waals surface area contributed by atoms with Crippen molar-refractivity contribution in [1.82, 2.24) is 9.78 Å². The molecule has 2 aromatic rings. The largest absolute Gasteiger partial charge is 0.409 e. The molecule has 104 valence electrons. The molecule has 7 heteroatoms. The molecular weight excluding hydrogens is 266 g/mol. The molecule has 0 bridgehead atoms. The lowest BCUT2D eigenvalue weighted by molar-refractivity contribution is 0.318. The van der Waals surface area contributed by atoms with Gasteiger partial charge >= 0.3 is 0 Å². The Morgan fingerprint density at radius 2 is 2.00 bits per heavy atom. The summed E-state index contributed by atoms with van der Waals surface area (Å²) in [6.07, 6.45) is 3.65. The van der Waals surface area contributed by atoms with Gasteiger partial charge in [-0.05, 0) is 31.0 Å². The SMILES string of the molecule is N/C(=N/O)c1cc(F)c(-n2ccc(C3CC3)n2)c(F)c1. The van der Waals surface area contributed by atoms with Gasteiger partial charge in [-0.3, -0.25) is 0 Å². The Kier molecular flexibility index (Phi) is 2.89. The summed E-state index contributed by atoms with van der Waals surface area (Å²) in [4.78, 5) is 0. The van der Waals surface area contributed by atoms with Crippen LogP contribution in [0.4, 0.5) is 8.78 Å². The van der Waals surface area contributed by atoms with Crippen LogP contribution in [0.25, 0.3) is 5.69 Å². The van der Waals surface area contributed by atoms with Crippen molar-refractivity contribution in [3.05, 3.63) is 47.3 Å². The van der Waals surface area contributed by atoms with Crippen molar-refractivity contribution in [3.8, 4) is 5.69 Å². The van der Waals surface area contributed by atoms with Crippen LogP contribution in [0.1, 0.15) is 30.0 Å². The Balaban J connectivity index is 2.04. The fraction of sp³-hybridized carbons (Fsp3) is 0.231. The molecule has 3 N–H and O–H groups in total. The molecule has 0 saturated heterocycles. The molecule has 0 aliphatic heterocycles. The average Bonchev–Trinajstić information content (AvgIpc) is 3.17. The van der Waals surface area contributed by atoms with Gasteiger partial charge in [-0.15, -0.1) is 0 Å². The molecule has 3 rings (SSSR count). The maximum atomic E-state index is 14.0. The number of amidine groups is 1. The lowest BCUT2D eigenvalue weighted by Crippen LogP contribution is -2.15. The topological polar surface area (TPSA) is 76.4 Å². The van der Waals surface area contributed by atoms with Crippen LogP contribution in [-0.2, 0) is 0 Å². The van der Waals surface area contributed by atoms with Gasteiger partial charge < -0.3 is 10.9 Å². The number of nitrogens with zero attached hydrogens (tertiary/aromatic N) is 3. The highest BCUT2D eigenvalue weighted by molar-refractivity contribution is 5.97. The van der Waals surface area contributed by atoms with E-state index in [0.717, 1.165) is 30.7 Å². The first-order valence-electron chi connectivity index (χ1n) is 6.13. The highest BCUT2D eigenvalue weighted by Crippen LogP contribution is 2.39. The summed E-state index contributed by atoms with van der Waals surface area (Å²) in [5.41, 5.74) is 5.86. The summed E-state index contributed by atoms with van der Waals surface area (Å²) in [7, 11) is 0. The molecule has 0 radical (unpaired) electrons. The smallest absolute Gasteiger partial charge is 0.170 e. The first kappa shape index (κ1) is 12.6. The minimum absolute atomic E-state index is 0.0270. The minimum Gasteiger partial charge on any atom is -0.409 e. The molecule has 5 nitrogen and oxygen atoms in total. The first-order valence-corrected chi connectivity index (χ1v) is 6.13. The summed E-state index contributed by atoms with van der Waals surface area (Å²) in [5.74, 6) is -1.60. The van der Waals surface area contributed by atoms with Crippen molar-refractivity contribution in [2.45, 2.75) is 18.8 Å². The molecule has 0 amide bonds. The Morgan fingerprint density at radius 3 is 2.55 bits per heavy atom. The Hall–Kier alpha value is -2.44. The van der Waals surface area contributed by atoms with Gasteiger partial charge in [0, 0.05) is 17.7 Å². The van der Waals surface area contributed by atoms with Crippen LogP contribution in [0.5, 0.6) is 0 Å². The van der Waals surface area contributed by atoms with Gasteiger partial charge in [0.15, 0.2) is 17.5 Å². The molecule has 1 aliphatic rings. The molecule has 0 spiro atoms. The second-order valence-electron chi connectivity index (χ2n) is 4.73. The zero-order chi connectivity index (χ0) is 14.3. The second kappa shape index (κ2) is 4.59. The summed E-state index contributed by atoms with van der Waals surface area (Å²) in [6, 6.07) is 3.77. The van der Waals surface area contributed by atoms with E-state index in [9.17, 15) is 8.78 Å². The molecule has 1 saturated carbocycles. The number of nitrogens with two attached hydrogens (primary N) is 1. The molecule has 1 aromatic heterocycles. The van der Waals surface area contributed by atoms with Gasteiger partial charge in [0.1, 0.15) is 5.69 Å². The number of hydrogen-bond acceptors (Lipinski definition) is 3. The molecule has 1 aliphatic carbocycles. The van der Waals surface area contributed by atoms with Gasteiger partial charge in [0.05, 0.1) is 5.69 Å². The zero-order valence-electron chi connectivity index (χ0n) is 10.4. The van der Waals surface area contributed by atoms with Crippen LogP contribution in [0.2, 0.25) is 0 Å². The lowest BCUT2D eigenvalue weighted by atomic mass is 10.1. The monoisotopic (exact) mass is 278 g/mol. The number of aromatic nitrogens is 2. The van der Waals surface area contributed by atoms with Crippen LogP contribution in [-0.4, -0.2) is 20.8 Å². The second-order valence-corrected chi connectivity index (χ2v) is 4.73. The van der Waals surface area contributed by atoms with Crippen molar-refractivity contribution in [1.29, 1.82) is 0 Å². The predicted molar refractivity (Wildman–Crippen MR) is 68.0 cm³/mol. The van der Waals surface area contributed by atoms with E-state index < -0.39 is 11.6 Å². The number of rotatable bonds is 3. The van der Waals surface area contributed by atoms with Crippen LogP contribution < -0.4 is 5.73 Å². The van der Waals surface area contributed by atoms with Crippen LogP contribution in [0, 0.1) is 11.6 Å². The molecule has 1 heterocycles. The summed E-state index contributed by atoms with van der Waals surface area (Å²) < 4.78 is 29.2. The Bertz CT molecular complexity index is 668. The highest BCUT2D eigenvalue weighted by atomic mass is 19.1. The fourth-order valence-corrected chi connectivity index (χ4v) is 2.05. The lowest BCUT2D eigenvalue weighted by Gasteiger charge is -2.07. The Morgan fingerprint density at radius 1 is 1.35 bits per heavy atom. The van der Waals surface area contributed by atoms with Gasteiger partial charge in [0.2, 0.25) is 0 Å². The molecule has 1 fully saturated rings. The van der Waals surface area contributed by atoms with Crippen LogP contribution in [0.3, 0.4) is 0 Å². The number of oxime groups is 1. The summed E-state index contributed by atoms with van der Waals surface area (Å²) in [6.45, 7) is 0. The summed E-state index contributed by atoms with van der Waals surface area (Å²) >= 11 is 0. The maximum Gasteiger partial charge on any atom is 0.170 e. The standard InChI is InChI=1S/C13H12F2N4O/c14-9-5-8(13(16)18-20)6-10(15)12(9)19-4-3-11(17-19)7-1-2-7/h3-7,20H,1-2H2,(H2,16,18). The number of halogens is 2. The molecule has 0 unspecified atom stereocenters. The van der Waals surface area contributed by atoms with Crippen molar-refractivity contribution in [2.75, 3.05) is 0 Å². The van der Waals surface area contributed by atoms with E-state index in [1.807, 2.05) is 0 Å². The normalized spacial score (nSPS) is 15.6. The van der Waals surface area contributed by atoms with E-state index in [0.29, 0.717) is 5.92 Å². The quantitative estimate of drug-likeness (QED) is 0.391. The van der Waals surface area contributed by atoms with E-state index >= 15 is 0 Å². The Labute approximate surface area is 113 Å². The number of benzene rings is 1. The average molecular weight is 278 g/mol. The molecule has 20 heavy (non-hydrogen) atoms. The predicted octanol–water partition coefficient (Wildman–Crippen LogP) is 2.12. The van der Waals surface area contributed by atoms with Crippen LogP contribution >= 0.6 is 0 Å². The zero-order valence-corrected chi connectivity index (χ0v) is 10.4. The van der Waals surface area contributed by atoms with E-state index in [4.69, 9.17) is 10.9 Å². The van der Waals surface area contributed by atoms with E-state index in [1.54, 1.807) is 6.07 Å². The van der Waals surface area contributed by atoms with E-state index in [-0.39, 0.29) is 17.1 Å². The first-order chi connectivity index (χ1) is 9.60. The van der Waals surface area contributed by atoms with Crippen LogP contribution in [0.15, 0.2) is 29.6 Å². The third-order valence-electron chi connectivity index (χ3n) is 3.25. The summed E-state index contributed by atoms with van der Waals surface area (Å²) in [5, 5.41) is 15.4. The van der Waals surface area contributed by atoms with E-state index in [1.165, 1.54) is 10.9 Å². The van der Waals surface area contributed by atoms with Crippen molar-refractivity contribution in [3.63, 3.8) is 0 Å². The number of hydrogen-bond donors (Lipinski definition) is 2. The van der Waals surface area contributed by atoms with Gasteiger partial charge in [-0.2, -0.15) is 5.10 Å². The maximum absolute atomic E-state index is 14.0. The van der Waals surface area contributed by atoms with Crippen molar-refractivity contribution < 1.29 is 14.0 Å². The van der Waals surface area contributed by atoms with Gasteiger partial charge in [-0.1, -0.05) is 5.16 Å².